The molecule has 0 fully saturated rings. The predicted octanol–water partition coefficient (Wildman–Crippen LogP) is 3.05. The smallest absolute Gasteiger partial charge is 0.258 e. The van der Waals surface area contributed by atoms with E-state index in [9.17, 15) is 4.79 Å². The Labute approximate surface area is 142 Å². The molecule has 1 aliphatic rings. The summed E-state index contributed by atoms with van der Waals surface area (Å²) in [6.07, 6.45) is 4.26. The molecule has 1 aromatic carbocycles. The number of aromatic nitrogens is 1. The molecule has 5 nitrogen and oxygen atoms in total. The van der Waals surface area contributed by atoms with Crippen molar-refractivity contribution >= 4 is 5.91 Å². The fourth-order valence-corrected chi connectivity index (χ4v) is 2.86. The van der Waals surface area contributed by atoms with E-state index >= 15 is 0 Å². The number of amides is 1. The number of nitrogens with one attached hydrogen (secondary N) is 1. The molecule has 1 atom stereocenters. The highest BCUT2D eigenvalue weighted by Gasteiger charge is 2.32. The summed E-state index contributed by atoms with van der Waals surface area (Å²) in [5.41, 5.74) is 1.88. The van der Waals surface area contributed by atoms with Gasteiger partial charge in [0.25, 0.3) is 5.91 Å². The quantitative estimate of drug-likeness (QED) is 0.917. The van der Waals surface area contributed by atoms with Crippen LogP contribution in [0.15, 0.2) is 42.7 Å². The molecule has 0 aliphatic carbocycles. The summed E-state index contributed by atoms with van der Waals surface area (Å²) in [7, 11) is 0. The standard InChI is InChI=1S/C19H22N2O3/c1-13(14-7-9-20-10-8-14)21-17(22)12-23-16-6-4-5-15-11-19(2,3)24-18(15)16/h4-10,13H,11-12H2,1-3H3,(H,21,22). The lowest BCUT2D eigenvalue weighted by molar-refractivity contribution is -0.123. The molecule has 5 heteroatoms. The molecule has 24 heavy (non-hydrogen) atoms. The SMILES string of the molecule is CC(NC(=O)COc1cccc2c1OC(C)(C)C2)c1ccncc1. The first-order chi connectivity index (χ1) is 11.4. The molecule has 2 aromatic rings. The van der Waals surface area contributed by atoms with Crippen LogP contribution >= 0.6 is 0 Å². The highest BCUT2D eigenvalue weighted by molar-refractivity contribution is 5.78. The van der Waals surface area contributed by atoms with Crippen molar-refractivity contribution in [2.75, 3.05) is 6.61 Å². The number of carbonyl (C=O) groups is 1. The Balaban J connectivity index is 1.59. The Kier molecular flexibility index (Phi) is 4.42. The first kappa shape index (κ1) is 16.3. The van der Waals surface area contributed by atoms with Gasteiger partial charge in [-0.05, 0) is 44.5 Å². The Morgan fingerprint density at radius 2 is 2.08 bits per heavy atom. The molecule has 0 saturated heterocycles. The van der Waals surface area contributed by atoms with Crippen LogP contribution in [-0.4, -0.2) is 23.1 Å². The number of para-hydroxylation sites is 1. The maximum absolute atomic E-state index is 12.1. The molecule has 0 spiro atoms. The number of ether oxygens (including phenoxy) is 2. The van der Waals surface area contributed by atoms with Gasteiger partial charge in [0, 0.05) is 24.4 Å². The fourth-order valence-electron chi connectivity index (χ4n) is 2.86. The Hall–Kier alpha value is -2.56. The monoisotopic (exact) mass is 326 g/mol. The predicted molar refractivity (Wildman–Crippen MR) is 91.1 cm³/mol. The molecule has 3 rings (SSSR count). The third-order valence-corrected chi connectivity index (χ3v) is 4.00. The number of nitrogens with zero attached hydrogens (tertiary/aromatic N) is 1. The number of pyridine rings is 1. The van der Waals surface area contributed by atoms with Gasteiger partial charge in [-0.25, -0.2) is 0 Å². The van der Waals surface area contributed by atoms with Gasteiger partial charge in [0.05, 0.1) is 6.04 Å². The minimum Gasteiger partial charge on any atom is -0.483 e. The van der Waals surface area contributed by atoms with Gasteiger partial charge in [0.15, 0.2) is 18.1 Å². The highest BCUT2D eigenvalue weighted by Crippen LogP contribution is 2.41. The van der Waals surface area contributed by atoms with Gasteiger partial charge in [-0.15, -0.1) is 0 Å². The van der Waals surface area contributed by atoms with E-state index < -0.39 is 0 Å². The number of rotatable bonds is 5. The summed E-state index contributed by atoms with van der Waals surface area (Å²) in [6.45, 7) is 5.97. The average molecular weight is 326 g/mol. The van der Waals surface area contributed by atoms with E-state index in [1.807, 2.05) is 51.1 Å². The normalized spacial score (nSPS) is 16.0. The van der Waals surface area contributed by atoms with Crippen LogP contribution in [0.5, 0.6) is 11.5 Å². The zero-order chi connectivity index (χ0) is 17.2. The second kappa shape index (κ2) is 6.51. The maximum Gasteiger partial charge on any atom is 0.258 e. The molecule has 2 heterocycles. The summed E-state index contributed by atoms with van der Waals surface area (Å²) < 4.78 is 11.6. The van der Waals surface area contributed by atoms with Gasteiger partial charge in [-0.1, -0.05) is 12.1 Å². The third kappa shape index (κ3) is 3.67. The lowest BCUT2D eigenvalue weighted by Crippen LogP contribution is -2.31. The van der Waals surface area contributed by atoms with E-state index in [-0.39, 0.29) is 24.2 Å². The number of hydrogen-bond donors (Lipinski definition) is 1. The van der Waals surface area contributed by atoms with Crippen LogP contribution in [0.2, 0.25) is 0 Å². The van der Waals surface area contributed by atoms with Crippen LogP contribution in [0.4, 0.5) is 0 Å². The number of carbonyl (C=O) groups excluding carboxylic acids is 1. The largest absolute Gasteiger partial charge is 0.483 e. The Bertz CT molecular complexity index is 729. The Morgan fingerprint density at radius 1 is 1.33 bits per heavy atom. The number of fused-ring (bicyclic) bond motifs is 1. The summed E-state index contributed by atoms with van der Waals surface area (Å²) in [6, 6.07) is 9.46. The van der Waals surface area contributed by atoms with Gasteiger partial charge in [-0.3, -0.25) is 9.78 Å². The van der Waals surface area contributed by atoms with Gasteiger partial charge < -0.3 is 14.8 Å². The van der Waals surface area contributed by atoms with Gasteiger partial charge in [0.1, 0.15) is 5.60 Å². The topological polar surface area (TPSA) is 60.5 Å². The van der Waals surface area contributed by atoms with Crippen molar-refractivity contribution in [3.63, 3.8) is 0 Å². The molecule has 1 aliphatic heterocycles. The number of benzene rings is 1. The van der Waals surface area contributed by atoms with Crippen molar-refractivity contribution in [3.8, 4) is 11.5 Å². The minimum atomic E-state index is -0.236. The minimum absolute atomic E-state index is 0.0460. The molecule has 0 bridgehead atoms. The van der Waals surface area contributed by atoms with Crippen LogP contribution < -0.4 is 14.8 Å². The second-order valence-electron chi connectivity index (χ2n) is 6.64. The molecule has 1 aromatic heterocycles. The van der Waals surface area contributed by atoms with Crippen molar-refractivity contribution in [1.29, 1.82) is 0 Å². The van der Waals surface area contributed by atoms with E-state index in [1.54, 1.807) is 12.4 Å². The highest BCUT2D eigenvalue weighted by atomic mass is 16.5. The molecule has 0 saturated carbocycles. The maximum atomic E-state index is 12.1. The number of hydrogen-bond acceptors (Lipinski definition) is 4. The first-order valence-electron chi connectivity index (χ1n) is 8.07. The van der Waals surface area contributed by atoms with Crippen molar-refractivity contribution in [2.45, 2.75) is 38.8 Å². The third-order valence-electron chi connectivity index (χ3n) is 4.00. The van der Waals surface area contributed by atoms with Crippen molar-refractivity contribution < 1.29 is 14.3 Å². The fraction of sp³-hybridized carbons (Fsp3) is 0.368. The summed E-state index contributed by atoms with van der Waals surface area (Å²) in [5.74, 6) is 1.19. The molecular formula is C19H22N2O3. The van der Waals surface area contributed by atoms with Crippen molar-refractivity contribution in [2.24, 2.45) is 0 Å². The van der Waals surface area contributed by atoms with Gasteiger partial charge in [0.2, 0.25) is 0 Å². The van der Waals surface area contributed by atoms with Crippen LogP contribution in [0.25, 0.3) is 0 Å². The lowest BCUT2D eigenvalue weighted by atomic mass is 10.0. The molecule has 1 amide bonds. The molecule has 1 unspecified atom stereocenters. The first-order valence-corrected chi connectivity index (χ1v) is 8.07. The lowest BCUT2D eigenvalue weighted by Gasteiger charge is -2.18. The summed E-state index contributed by atoms with van der Waals surface area (Å²) >= 11 is 0. The zero-order valence-electron chi connectivity index (χ0n) is 14.2. The van der Waals surface area contributed by atoms with Crippen LogP contribution in [0, 0.1) is 0 Å². The van der Waals surface area contributed by atoms with Gasteiger partial charge >= 0.3 is 0 Å². The van der Waals surface area contributed by atoms with Gasteiger partial charge in [-0.2, -0.15) is 0 Å². The van der Waals surface area contributed by atoms with E-state index in [1.165, 1.54) is 0 Å². The van der Waals surface area contributed by atoms with E-state index in [2.05, 4.69) is 10.3 Å². The summed E-state index contributed by atoms with van der Waals surface area (Å²) in [4.78, 5) is 16.1. The van der Waals surface area contributed by atoms with Crippen molar-refractivity contribution in [3.05, 3.63) is 53.9 Å². The average Bonchev–Trinajstić information content (AvgIpc) is 2.88. The molecular weight excluding hydrogens is 304 g/mol. The molecule has 0 radical (unpaired) electrons. The van der Waals surface area contributed by atoms with Crippen LogP contribution in [-0.2, 0) is 11.2 Å². The zero-order valence-corrected chi connectivity index (χ0v) is 14.2. The summed E-state index contributed by atoms with van der Waals surface area (Å²) in [5, 5.41) is 2.92. The van der Waals surface area contributed by atoms with Crippen LogP contribution in [0.1, 0.15) is 37.9 Å². The van der Waals surface area contributed by atoms with E-state index in [4.69, 9.17) is 9.47 Å². The molecule has 1 N–H and O–H groups in total. The molecule has 126 valence electrons. The van der Waals surface area contributed by atoms with Crippen LogP contribution in [0.3, 0.4) is 0 Å². The van der Waals surface area contributed by atoms with E-state index in [0.29, 0.717) is 5.75 Å². The van der Waals surface area contributed by atoms with Crippen molar-refractivity contribution in [1.82, 2.24) is 10.3 Å². The second-order valence-corrected chi connectivity index (χ2v) is 6.64. The van der Waals surface area contributed by atoms with E-state index in [0.717, 1.165) is 23.3 Å². The Morgan fingerprint density at radius 3 is 2.83 bits per heavy atom.